The minimum atomic E-state index is -3.58. The Morgan fingerprint density at radius 1 is 1.42 bits per heavy atom. The van der Waals surface area contributed by atoms with E-state index in [-0.39, 0.29) is 0 Å². The van der Waals surface area contributed by atoms with Crippen LogP contribution in [0, 0.1) is 0 Å². The highest BCUT2D eigenvalue weighted by Gasteiger charge is 2.28. The quantitative estimate of drug-likeness (QED) is 0.346. The molecule has 5 nitrogen and oxygen atoms in total. The summed E-state index contributed by atoms with van der Waals surface area (Å²) in [5.41, 5.74) is 0. The molecule has 0 spiro atoms. The van der Waals surface area contributed by atoms with Gasteiger partial charge in [-0.2, -0.15) is 0 Å². The first-order valence-electron chi connectivity index (χ1n) is 2.78. The third-order valence-electron chi connectivity index (χ3n) is 0.671. The topological polar surface area (TPSA) is 98.0 Å². The molecule has 4 N–H and O–H groups in total. The van der Waals surface area contributed by atoms with Crippen molar-refractivity contribution < 1.29 is 25.2 Å². The molecule has 0 saturated heterocycles. The van der Waals surface area contributed by atoms with Gasteiger partial charge in [-0.3, -0.25) is 0 Å². The largest absolute Gasteiger partial charge is 0.475 e. The van der Waals surface area contributed by atoms with E-state index in [9.17, 15) is 4.79 Å². The molecule has 12 heavy (non-hydrogen) atoms. The molecule has 0 aromatic rings. The standard InChI is InChI=1S/C3H4S2.C2H4O5/c1-2-4-5-3-1;3-1(4)2(5,6)7/h1-2H,3H2;5-7H,(H,3,4). The molecular formula is C5H8O5S2. The average Bonchev–Trinajstić information content (AvgIpc) is 2.39. The van der Waals surface area contributed by atoms with Gasteiger partial charge < -0.3 is 20.4 Å². The second-order valence-corrected chi connectivity index (χ2v) is 4.01. The molecule has 0 fully saturated rings. The van der Waals surface area contributed by atoms with Gasteiger partial charge in [0.1, 0.15) is 0 Å². The molecule has 0 aliphatic carbocycles. The number of hydrogen-bond acceptors (Lipinski definition) is 6. The molecule has 0 bridgehead atoms. The van der Waals surface area contributed by atoms with Gasteiger partial charge in [0.2, 0.25) is 0 Å². The van der Waals surface area contributed by atoms with Gasteiger partial charge in [0.15, 0.2) is 0 Å². The van der Waals surface area contributed by atoms with Crippen LogP contribution in [0.5, 0.6) is 0 Å². The van der Waals surface area contributed by atoms with Crippen LogP contribution in [0.4, 0.5) is 0 Å². The van der Waals surface area contributed by atoms with Crippen LogP contribution >= 0.6 is 21.6 Å². The van der Waals surface area contributed by atoms with Crippen molar-refractivity contribution in [2.45, 2.75) is 5.97 Å². The highest BCUT2D eigenvalue weighted by atomic mass is 33.1. The van der Waals surface area contributed by atoms with Crippen LogP contribution < -0.4 is 0 Å². The normalized spacial score (nSPS) is 15.2. The first-order chi connectivity index (χ1) is 5.44. The molecule has 70 valence electrons. The molecule has 0 saturated carbocycles. The molecule has 0 unspecified atom stereocenters. The van der Waals surface area contributed by atoms with E-state index >= 15 is 0 Å². The fourth-order valence-electron chi connectivity index (χ4n) is 0.196. The Bertz CT molecular complexity index is 167. The number of aliphatic carboxylic acids is 1. The minimum absolute atomic E-state index is 1.20. The number of hydrogen-bond donors (Lipinski definition) is 4. The van der Waals surface area contributed by atoms with Crippen LogP contribution in [-0.2, 0) is 4.79 Å². The predicted octanol–water partition coefficient (Wildman–Crippen LogP) is -0.403. The summed E-state index contributed by atoms with van der Waals surface area (Å²) < 4.78 is 0. The van der Waals surface area contributed by atoms with Crippen LogP contribution in [0.3, 0.4) is 0 Å². The number of carbonyl (C=O) groups is 1. The third-order valence-corrected chi connectivity index (χ3v) is 2.59. The van der Waals surface area contributed by atoms with E-state index in [1.165, 1.54) is 5.75 Å². The molecule has 0 aromatic carbocycles. The third kappa shape index (κ3) is 6.50. The van der Waals surface area contributed by atoms with Crippen molar-refractivity contribution in [2.24, 2.45) is 0 Å². The second-order valence-electron chi connectivity index (χ2n) is 1.69. The Balaban J connectivity index is 0.000000211. The average molecular weight is 212 g/mol. The summed E-state index contributed by atoms with van der Waals surface area (Å²) in [6.45, 7) is 0. The van der Waals surface area contributed by atoms with E-state index in [1.807, 2.05) is 21.6 Å². The lowest BCUT2D eigenvalue weighted by atomic mass is 10.6. The van der Waals surface area contributed by atoms with Crippen molar-refractivity contribution in [3.63, 3.8) is 0 Å². The number of aliphatic hydroxyl groups is 3. The lowest BCUT2D eigenvalue weighted by molar-refractivity contribution is -0.300. The van der Waals surface area contributed by atoms with Crippen molar-refractivity contribution in [1.29, 1.82) is 0 Å². The highest BCUT2D eigenvalue weighted by Crippen LogP contribution is 2.27. The molecular weight excluding hydrogens is 204 g/mol. The molecule has 1 rings (SSSR count). The maximum Gasteiger partial charge on any atom is 0.395 e. The molecule has 0 aromatic heterocycles. The Morgan fingerprint density at radius 2 is 1.92 bits per heavy atom. The summed E-state index contributed by atoms with van der Waals surface area (Å²) in [4.78, 5) is 9.27. The predicted molar refractivity (Wildman–Crippen MR) is 46.2 cm³/mol. The summed E-state index contributed by atoms with van der Waals surface area (Å²) in [6, 6.07) is 0. The van der Waals surface area contributed by atoms with Crippen LogP contribution in [-0.4, -0.2) is 38.1 Å². The fraction of sp³-hybridized carbons (Fsp3) is 0.400. The first kappa shape index (κ1) is 11.8. The number of carboxylic acid groups (broad SMARTS) is 1. The van der Waals surface area contributed by atoms with E-state index in [1.54, 1.807) is 0 Å². The lowest BCUT2D eigenvalue weighted by Gasteiger charge is -2.04. The molecule has 7 heteroatoms. The zero-order valence-corrected chi connectivity index (χ0v) is 7.51. The van der Waals surface area contributed by atoms with Gasteiger partial charge >= 0.3 is 11.9 Å². The highest BCUT2D eigenvalue weighted by molar-refractivity contribution is 8.78. The van der Waals surface area contributed by atoms with E-state index in [2.05, 4.69) is 11.5 Å². The molecule has 0 atom stereocenters. The van der Waals surface area contributed by atoms with Crippen LogP contribution in [0.15, 0.2) is 11.5 Å². The molecule has 1 aliphatic rings. The van der Waals surface area contributed by atoms with Gasteiger partial charge in [-0.15, -0.1) is 0 Å². The van der Waals surface area contributed by atoms with E-state index < -0.39 is 11.9 Å². The summed E-state index contributed by atoms with van der Waals surface area (Å²) >= 11 is 0. The molecule has 0 amide bonds. The Hall–Kier alpha value is -0.210. The van der Waals surface area contributed by atoms with Gasteiger partial charge in [-0.25, -0.2) is 4.79 Å². The monoisotopic (exact) mass is 212 g/mol. The van der Waals surface area contributed by atoms with Crippen LogP contribution in [0.2, 0.25) is 0 Å². The van der Waals surface area contributed by atoms with Crippen molar-refractivity contribution in [3.05, 3.63) is 11.5 Å². The Morgan fingerprint density at radius 3 is 2.00 bits per heavy atom. The van der Waals surface area contributed by atoms with E-state index in [0.717, 1.165) is 0 Å². The van der Waals surface area contributed by atoms with Crippen LogP contribution in [0.1, 0.15) is 0 Å². The van der Waals surface area contributed by atoms with Gasteiger partial charge in [0.05, 0.1) is 0 Å². The summed E-state index contributed by atoms with van der Waals surface area (Å²) in [5, 5.41) is 32.4. The van der Waals surface area contributed by atoms with Crippen molar-refractivity contribution in [2.75, 3.05) is 5.75 Å². The maximum atomic E-state index is 9.27. The summed E-state index contributed by atoms with van der Waals surface area (Å²) in [6.07, 6.45) is 2.16. The summed E-state index contributed by atoms with van der Waals surface area (Å²) in [7, 11) is 3.69. The number of carboxylic acids is 1. The molecule has 1 aliphatic heterocycles. The Labute approximate surface area is 76.5 Å². The fourth-order valence-corrected chi connectivity index (χ4v) is 1.77. The van der Waals surface area contributed by atoms with Gasteiger partial charge in [-0.1, -0.05) is 27.7 Å². The summed E-state index contributed by atoms with van der Waals surface area (Å²) in [5.74, 6) is -4.47. The van der Waals surface area contributed by atoms with Gasteiger partial charge in [-0.05, 0) is 5.41 Å². The zero-order valence-electron chi connectivity index (χ0n) is 5.88. The van der Waals surface area contributed by atoms with Gasteiger partial charge in [0.25, 0.3) is 0 Å². The SMILES string of the molecule is C1=CSSC1.O=C(O)C(O)(O)O. The van der Waals surface area contributed by atoms with E-state index in [4.69, 9.17) is 20.4 Å². The van der Waals surface area contributed by atoms with Crippen LogP contribution in [0.25, 0.3) is 0 Å². The first-order valence-corrected chi connectivity index (χ1v) is 5.16. The van der Waals surface area contributed by atoms with Gasteiger partial charge in [0, 0.05) is 5.75 Å². The maximum absolute atomic E-state index is 9.27. The minimum Gasteiger partial charge on any atom is -0.475 e. The van der Waals surface area contributed by atoms with E-state index in [0.29, 0.717) is 0 Å². The smallest absolute Gasteiger partial charge is 0.395 e. The van der Waals surface area contributed by atoms with Crippen molar-refractivity contribution in [3.8, 4) is 0 Å². The zero-order chi connectivity index (χ0) is 9.61. The van der Waals surface area contributed by atoms with Crippen molar-refractivity contribution in [1.82, 2.24) is 0 Å². The Kier molecular flexibility index (Phi) is 5.34. The second kappa shape index (κ2) is 5.44. The molecule has 0 radical (unpaired) electrons. The lowest BCUT2D eigenvalue weighted by Crippen LogP contribution is -2.37. The molecule has 1 heterocycles. The number of rotatable bonds is 1. The van der Waals surface area contributed by atoms with Crippen molar-refractivity contribution >= 4 is 27.6 Å².